The maximum Gasteiger partial charge on any atom is 0.229 e. The molecule has 11 heteroatoms. The number of benzene rings is 2. The van der Waals surface area contributed by atoms with E-state index in [-0.39, 0.29) is 34.0 Å². The molecule has 0 bridgehead atoms. The Bertz CT molecular complexity index is 1220. The van der Waals surface area contributed by atoms with Crippen molar-refractivity contribution in [1.82, 2.24) is 0 Å². The van der Waals surface area contributed by atoms with E-state index in [2.05, 4.69) is 0 Å². The summed E-state index contributed by atoms with van der Waals surface area (Å²) in [5.41, 5.74) is -0.178. The third-order valence-electron chi connectivity index (χ3n) is 5.35. The summed E-state index contributed by atoms with van der Waals surface area (Å²) in [4.78, 5) is 12.6. The van der Waals surface area contributed by atoms with E-state index in [1.54, 1.807) is 0 Å². The lowest BCUT2D eigenvalue weighted by Gasteiger charge is -2.39. The van der Waals surface area contributed by atoms with Crippen molar-refractivity contribution in [1.29, 1.82) is 0 Å². The highest BCUT2D eigenvalue weighted by atomic mass is 16.7. The standard InChI is InChI=1S/C22H22O11/c1-30-15-4-9(2-3-11(15)24)14-7-13(26)18-12(25)5-10(6-16(18)32-14)31-22-21(29)20(28)19(27)17(8-23)33-22/h2-7,17,19-25,27-29H,8H2,1H3/t17-,19-,20?,21-,22-/m1/s1. The number of aliphatic hydroxyl groups is 4. The second-order valence-corrected chi connectivity index (χ2v) is 7.49. The monoisotopic (exact) mass is 462 g/mol. The predicted octanol–water partition coefficient (Wildman–Crippen LogP) is 0.0585. The normalized spacial score (nSPS) is 25.2. The molecule has 0 saturated carbocycles. The van der Waals surface area contributed by atoms with Crippen LogP contribution in [-0.4, -0.2) is 75.1 Å². The van der Waals surface area contributed by atoms with Gasteiger partial charge in [-0.2, -0.15) is 0 Å². The van der Waals surface area contributed by atoms with Gasteiger partial charge in [-0.3, -0.25) is 4.79 Å². The van der Waals surface area contributed by atoms with Gasteiger partial charge in [0, 0.05) is 23.8 Å². The molecule has 0 spiro atoms. The molecule has 11 nitrogen and oxygen atoms in total. The minimum Gasteiger partial charge on any atom is -0.507 e. The maximum atomic E-state index is 12.6. The van der Waals surface area contributed by atoms with Gasteiger partial charge in [0.2, 0.25) is 6.29 Å². The minimum atomic E-state index is -1.66. The average Bonchev–Trinajstić information content (AvgIpc) is 2.79. The second kappa shape index (κ2) is 8.89. The smallest absolute Gasteiger partial charge is 0.229 e. The van der Waals surface area contributed by atoms with Crippen molar-refractivity contribution < 1.29 is 49.3 Å². The van der Waals surface area contributed by atoms with Crippen LogP contribution in [0, 0.1) is 0 Å². The lowest BCUT2D eigenvalue weighted by molar-refractivity contribution is -0.277. The van der Waals surface area contributed by atoms with Crippen LogP contribution < -0.4 is 14.9 Å². The Balaban J connectivity index is 1.72. The molecular weight excluding hydrogens is 440 g/mol. The van der Waals surface area contributed by atoms with E-state index in [9.17, 15) is 35.4 Å². The van der Waals surface area contributed by atoms with E-state index in [0.29, 0.717) is 5.56 Å². The Morgan fingerprint density at radius 1 is 0.970 bits per heavy atom. The number of hydrogen-bond donors (Lipinski definition) is 6. The number of aromatic hydroxyl groups is 2. The van der Waals surface area contributed by atoms with Gasteiger partial charge in [-0.05, 0) is 18.2 Å². The minimum absolute atomic E-state index is 0.0517. The molecule has 1 fully saturated rings. The fourth-order valence-electron chi connectivity index (χ4n) is 3.58. The predicted molar refractivity (Wildman–Crippen MR) is 112 cm³/mol. The zero-order valence-electron chi connectivity index (χ0n) is 17.3. The van der Waals surface area contributed by atoms with Gasteiger partial charge in [0.15, 0.2) is 16.9 Å². The topological polar surface area (TPSA) is 179 Å². The molecule has 0 radical (unpaired) electrons. The van der Waals surface area contributed by atoms with E-state index in [1.807, 2.05) is 0 Å². The van der Waals surface area contributed by atoms with Crippen molar-refractivity contribution in [2.24, 2.45) is 0 Å². The molecule has 0 aliphatic carbocycles. The molecule has 176 valence electrons. The molecule has 6 N–H and O–H groups in total. The molecule has 2 heterocycles. The summed E-state index contributed by atoms with van der Waals surface area (Å²) in [5, 5.41) is 59.3. The fourth-order valence-corrected chi connectivity index (χ4v) is 3.58. The first-order chi connectivity index (χ1) is 15.7. The number of phenolic OH excluding ortho intramolecular Hbond substituents is 2. The highest BCUT2D eigenvalue weighted by molar-refractivity contribution is 5.86. The third kappa shape index (κ3) is 4.19. The Hall–Kier alpha value is -3.35. The van der Waals surface area contributed by atoms with Crippen LogP contribution in [0.4, 0.5) is 0 Å². The lowest BCUT2D eigenvalue weighted by Crippen LogP contribution is -2.60. The number of aliphatic hydroxyl groups excluding tert-OH is 4. The van der Waals surface area contributed by atoms with Gasteiger partial charge in [-0.25, -0.2) is 0 Å². The summed E-state index contributed by atoms with van der Waals surface area (Å²) in [6, 6.07) is 7.90. The van der Waals surface area contributed by atoms with Crippen molar-refractivity contribution in [3.63, 3.8) is 0 Å². The Morgan fingerprint density at radius 3 is 2.42 bits per heavy atom. The van der Waals surface area contributed by atoms with Crippen LogP contribution in [0.25, 0.3) is 22.3 Å². The highest BCUT2D eigenvalue weighted by Gasteiger charge is 2.44. The van der Waals surface area contributed by atoms with Gasteiger partial charge in [-0.15, -0.1) is 0 Å². The van der Waals surface area contributed by atoms with Crippen LogP contribution in [0.1, 0.15) is 0 Å². The van der Waals surface area contributed by atoms with Crippen molar-refractivity contribution in [2.45, 2.75) is 30.7 Å². The van der Waals surface area contributed by atoms with Gasteiger partial charge in [0.1, 0.15) is 52.6 Å². The quantitative estimate of drug-likeness (QED) is 0.302. The van der Waals surface area contributed by atoms with Crippen molar-refractivity contribution in [3.8, 4) is 34.3 Å². The summed E-state index contributed by atoms with van der Waals surface area (Å²) in [6.45, 7) is -0.637. The van der Waals surface area contributed by atoms with E-state index >= 15 is 0 Å². The molecule has 3 aromatic rings. The maximum absolute atomic E-state index is 12.6. The van der Waals surface area contributed by atoms with Crippen LogP contribution in [0.2, 0.25) is 0 Å². The number of fused-ring (bicyclic) bond motifs is 1. The zero-order valence-corrected chi connectivity index (χ0v) is 17.3. The lowest BCUT2D eigenvalue weighted by atomic mass is 9.99. The number of rotatable bonds is 5. The van der Waals surface area contributed by atoms with E-state index in [0.717, 1.165) is 6.07 Å². The van der Waals surface area contributed by atoms with Crippen LogP contribution in [0.5, 0.6) is 23.0 Å². The Labute approximate surface area is 186 Å². The first kappa shape index (κ1) is 22.8. The molecule has 4 rings (SSSR count). The van der Waals surface area contributed by atoms with Gasteiger partial charge < -0.3 is 49.3 Å². The highest BCUT2D eigenvalue weighted by Crippen LogP contribution is 2.35. The van der Waals surface area contributed by atoms with Crippen molar-refractivity contribution in [2.75, 3.05) is 13.7 Å². The van der Waals surface area contributed by atoms with Crippen LogP contribution in [0.3, 0.4) is 0 Å². The molecule has 2 aromatic carbocycles. The van der Waals surface area contributed by atoms with E-state index in [4.69, 9.17) is 18.6 Å². The molecule has 0 amide bonds. The second-order valence-electron chi connectivity index (χ2n) is 7.49. The van der Waals surface area contributed by atoms with Gasteiger partial charge >= 0.3 is 0 Å². The first-order valence-corrected chi connectivity index (χ1v) is 9.89. The molecule has 1 saturated heterocycles. The molecule has 5 atom stereocenters. The number of hydrogen-bond acceptors (Lipinski definition) is 11. The molecule has 1 aliphatic heterocycles. The Kier molecular flexibility index (Phi) is 6.15. The molecular formula is C22H22O11. The number of ether oxygens (including phenoxy) is 3. The zero-order chi connectivity index (χ0) is 23.9. The molecule has 1 unspecified atom stereocenters. The SMILES string of the molecule is COc1cc(-c2cc(=O)c3c(O)cc(O[C@@H]4O[C@H](CO)[C@@H](O)C(O)[C@H]4O)cc3o2)ccc1O. The van der Waals surface area contributed by atoms with Crippen molar-refractivity contribution >= 4 is 11.0 Å². The number of methoxy groups -OCH3 is 1. The Morgan fingerprint density at radius 2 is 1.73 bits per heavy atom. The summed E-state index contributed by atoms with van der Waals surface area (Å²) in [7, 11) is 1.37. The first-order valence-electron chi connectivity index (χ1n) is 9.89. The summed E-state index contributed by atoms with van der Waals surface area (Å²) in [6.07, 6.45) is -7.55. The summed E-state index contributed by atoms with van der Waals surface area (Å²) in [5.74, 6) is -0.353. The van der Waals surface area contributed by atoms with Gasteiger partial charge in [0.05, 0.1) is 13.7 Å². The van der Waals surface area contributed by atoms with Gasteiger partial charge in [0.25, 0.3) is 0 Å². The van der Waals surface area contributed by atoms with E-state index in [1.165, 1.54) is 37.4 Å². The third-order valence-corrected chi connectivity index (χ3v) is 5.35. The van der Waals surface area contributed by atoms with Crippen LogP contribution in [0.15, 0.2) is 45.6 Å². The average molecular weight is 462 g/mol. The summed E-state index contributed by atoms with van der Waals surface area (Å²) < 4.78 is 21.7. The van der Waals surface area contributed by atoms with E-state index < -0.39 is 48.5 Å². The molecule has 1 aliphatic rings. The number of phenols is 2. The van der Waals surface area contributed by atoms with Crippen molar-refractivity contribution in [3.05, 3.63) is 46.6 Å². The molecule has 1 aromatic heterocycles. The van der Waals surface area contributed by atoms with Gasteiger partial charge in [-0.1, -0.05) is 0 Å². The largest absolute Gasteiger partial charge is 0.507 e. The van der Waals surface area contributed by atoms with Crippen LogP contribution in [-0.2, 0) is 4.74 Å². The summed E-state index contributed by atoms with van der Waals surface area (Å²) >= 11 is 0. The van der Waals surface area contributed by atoms with Crippen LogP contribution >= 0.6 is 0 Å². The fraction of sp³-hybridized carbons (Fsp3) is 0.318. The molecule has 33 heavy (non-hydrogen) atoms.